The number of aliphatic carboxylic acids is 1. The van der Waals surface area contributed by atoms with E-state index in [1.54, 1.807) is 25.1 Å². The van der Waals surface area contributed by atoms with E-state index in [-0.39, 0.29) is 13.2 Å². The number of benzene rings is 1. The van der Waals surface area contributed by atoms with E-state index in [2.05, 4.69) is 26.6 Å². The third-order valence-electron chi connectivity index (χ3n) is 3.45. The molecule has 0 saturated carbocycles. The van der Waals surface area contributed by atoms with Crippen molar-refractivity contribution in [1.82, 2.24) is 5.32 Å². The number of halogens is 2. The second kappa shape index (κ2) is 6.21. The Bertz CT molecular complexity index is 583. The summed E-state index contributed by atoms with van der Waals surface area (Å²) >= 11 is 9.21. The van der Waals surface area contributed by atoms with Gasteiger partial charge in [0.1, 0.15) is 5.41 Å². The normalized spacial score (nSPS) is 24.6. The van der Waals surface area contributed by atoms with Gasteiger partial charge in [0.15, 0.2) is 0 Å². The number of nitrogens with one attached hydrogen (secondary N) is 2. The third kappa shape index (κ3) is 3.30. The van der Waals surface area contributed by atoms with Crippen molar-refractivity contribution in [2.45, 2.75) is 13.0 Å². The van der Waals surface area contributed by atoms with Crippen LogP contribution in [0.25, 0.3) is 0 Å². The van der Waals surface area contributed by atoms with Crippen molar-refractivity contribution < 1.29 is 19.4 Å². The zero-order chi connectivity index (χ0) is 15.6. The Balaban J connectivity index is 2.05. The van der Waals surface area contributed by atoms with Gasteiger partial charge in [0, 0.05) is 0 Å². The summed E-state index contributed by atoms with van der Waals surface area (Å²) in [5, 5.41) is 15.0. The Morgan fingerprint density at radius 3 is 2.90 bits per heavy atom. The van der Waals surface area contributed by atoms with E-state index < -0.39 is 23.5 Å². The smallest absolute Gasteiger partial charge is 0.319 e. The van der Waals surface area contributed by atoms with Crippen LogP contribution in [-0.2, 0) is 9.53 Å². The minimum absolute atomic E-state index is 0.0636. The fourth-order valence-electron chi connectivity index (χ4n) is 2.00. The highest BCUT2D eigenvalue weighted by atomic mass is 79.9. The first kappa shape index (κ1) is 16.1. The minimum Gasteiger partial charge on any atom is -0.481 e. The fraction of sp³-hybridized carbons (Fsp3) is 0.385. The molecule has 21 heavy (non-hydrogen) atoms. The highest BCUT2D eigenvalue weighted by Crippen LogP contribution is 2.31. The summed E-state index contributed by atoms with van der Waals surface area (Å²) in [7, 11) is 0. The number of carbonyl (C=O) groups is 2. The van der Waals surface area contributed by atoms with Crippen molar-refractivity contribution in [2.24, 2.45) is 5.41 Å². The Hall–Kier alpha value is -1.31. The van der Waals surface area contributed by atoms with Crippen LogP contribution in [0.15, 0.2) is 22.7 Å². The molecular formula is C13H14BrClN2O4. The standard InChI is InChI=1S/C13H14BrClN2O4/c1-13(11(18)19)6-21-5-9(13)17-12(20)16-8-4-2-3-7(15)10(8)14/h2-4,9H,5-6H2,1H3,(H,18,19)(H2,16,17,20). The molecule has 1 aliphatic rings. The van der Waals surface area contributed by atoms with Gasteiger partial charge in [0.05, 0.1) is 34.4 Å². The van der Waals surface area contributed by atoms with Crippen molar-refractivity contribution in [3.8, 4) is 0 Å². The largest absolute Gasteiger partial charge is 0.481 e. The molecule has 2 unspecified atom stereocenters. The molecule has 1 heterocycles. The zero-order valence-corrected chi connectivity index (χ0v) is 13.5. The summed E-state index contributed by atoms with van der Waals surface area (Å²) in [6.45, 7) is 1.77. The number of carboxylic acids is 1. The molecule has 2 rings (SSSR count). The van der Waals surface area contributed by atoms with Crippen molar-refractivity contribution in [1.29, 1.82) is 0 Å². The maximum atomic E-state index is 12.0. The number of rotatable bonds is 3. The van der Waals surface area contributed by atoms with Crippen molar-refractivity contribution in [3.63, 3.8) is 0 Å². The van der Waals surface area contributed by atoms with Crippen LogP contribution >= 0.6 is 27.5 Å². The lowest BCUT2D eigenvalue weighted by Gasteiger charge is -2.25. The molecule has 0 radical (unpaired) electrons. The first-order valence-corrected chi connectivity index (χ1v) is 7.34. The van der Waals surface area contributed by atoms with E-state index >= 15 is 0 Å². The third-order valence-corrected chi connectivity index (χ3v) is 4.85. The van der Waals surface area contributed by atoms with Crippen LogP contribution < -0.4 is 10.6 Å². The van der Waals surface area contributed by atoms with E-state index in [0.717, 1.165) is 0 Å². The van der Waals surface area contributed by atoms with E-state index in [9.17, 15) is 14.7 Å². The highest BCUT2D eigenvalue weighted by Gasteiger charge is 2.47. The average Bonchev–Trinajstić information content (AvgIpc) is 2.78. The van der Waals surface area contributed by atoms with E-state index in [4.69, 9.17) is 16.3 Å². The van der Waals surface area contributed by atoms with Gasteiger partial charge in [0.2, 0.25) is 0 Å². The monoisotopic (exact) mass is 376 g/mol. The molecule has 0 spiro atoms. The molecule has 1 aliphatic heterocycles. The Kier molecular flexibility index (Phi) is 4.75. The van der Waals surface area contributed by atoms with Crippen LogP contribution in [0.1, 0.15) is 6.92 Å². The molecule has 1 aromatic carbocycles. The SMILES string of the molecule is CC1(C(=O)O)COCC1NC(=O)Nc1cccc(Cl)c1Br. The quantitative estimate of drug-likeness (QED) is 0.756. The van der Waals surface area contributed by atoms with Gasteiger partial charge in [-0.1, -0.05) is 17.7 Å². The molecule has 8 heteroatoms. The molecule has 0 bridgehead atoms. The minimum atomic E-state index is -1.14. The Labute approximate surface area is 134 Å². The van der Waals surface area contributed by atoms with Crippen molar-refractivity contribution in [3.05, 3.63) is 27.7 Å². The van der Waals surface area contributed by atoms with Crippen LogP contribution in [-0.4, -0.2) is 36.4 Å². The van der Waals surface area contributed by atoms with Gasteiger partial charge in [0.25, 0.3) is 0 Å². The number of hydrogen-bond donors (Lipinski definition) is 3. The van der Waals surface area contributed by atoms with Crippen molar-refractivity contribution >= 4 is 45.2 Å². The molecule has 1 aromatic rings. The lowest BCUT2D eigenvalue weighted by atomic mass is 9.85. The van der Waals surface area contributed by atoms with E-state index in [1.165, 1.54) is 0 Å². The first-order valence-electron chi connectivity index (χ1n) is 6.17. The van der Waals surface area contributed by atoms with Crippen LogP contribution in [0.5, 0.6) is 0 Å². The molecule has 114 valence electrons. The number of anilines is 1. The summed E-state index contributed by atoms with van der Waals surface area (Å²) in [6, 6.07) is 3.94. The maximum Gasteiger partial charge on any atom is 0.319 e. The second-order valence-electron chi connectivity index (χ2n) is 4.99. The van der Waals surface area contributed by atoms with Gasteiger partial charge in [-0.15, -0.1) is 0 Å². The zero-order valence-electron chi connectivity index (χ0n) is 11.2. The molecular weight excluding hydrogens is 364 g/mol. The van der Waals surface area contributed by atoms with Crippen LogP contribution in [0.3, 0.4) is 0 Å². The van der Waals surface area contributed by atoms with E-state index in [1.807, 2.05) is 0 Å². The number of ether oxygens (including phenoxy) is 1. The van der Waals surface area contributed by atoms with Gasteiger partial charge < -0.3 is 20.5 Å². The number of carboxylic acid groups (broad SMARTS) is 1. The van der Waals surface area contributed by atoms with Gasteiger partial charge in [-0.3, -0.25) is 4.79 Å². The Morgan fingerprint density at radius 1 is 1.52 bits per heavy atom. The van der Waals surface area contributed by atoms with Gasteiger partial charge in [-0.2, -0.15) is 0 Å². The molecule has 2 amide bonds. The summed E-state index contributed by atoms with van der Waals surface area (Å²) in [5.41, 5.74) is -0.640. The van der Waals surface area contributed by atoms with Gasteiger partial charge >= 0.3 is 12.0 Å². The molecule has 0 aromatic heterocycles. The van der Waals surface area contributed by atoms with E-state index in [0.29, 0.717) is 15.2 Å². The molecule has 0 aliphatic carbocycles. The average molecular weight is 378 g/mol. The summed E-state index contributed by atoms with van der Waals surface area (Å²) < 4.78 is 5.73. The summed E-state index contributed by atoms with van der Waals surface area (Å²) in [6.07, 6.45) is 0. The molecule has 6 nitrogen and oxygen atoms in total. The molecule has 3 N–H and O–H groups in total. The predicted octanol–water partition coefficient (Wildman–Crippen LogP) is 2.71. The number of urea groups is 1. The van der Waals surface area contributed by atoms with Gasteiger partial charge in [-0.05, 0) is 35.0 Å². The first-order chi connectivity index (χ1) is 9.84. The Morgan fingerprint density at radius 2 is 2.24 bits per heavy atom. The summed E-state index contributed by atoms with van der Waals surface area (Å²) in [4.78, 5) is 23.3. The number of hydrogen-bond acceptors (Lipinski definition) is 3. The summed E-state index contributed by atoms with van der Waals surface area (Å²) in [5.74, 6) is -1.01. The molecule has 1 fully saturated rings. The number of amides is 2. The van der Waals surface area contributed by atoms with Crippen molar-refractivity contribution in [2.75, 3.05) is 18.5 Å². The molecule has 1 saturated heterocycles. The molecule has 2 atom stereocenters. The van der Waals surface area contributed by atoms with Crippen LogP contribution in [0.4, 0.5) is 10.5 Å². The lowest BCUT2D eigenvalue weighted by Crippen LogP contribution is -2.50. The fourth-order valence-corrected chi connectivity index (χ4v) is 2.54. The second-order valence-corrected chi connectivity index (χ2v) is 6.19. The van der Waals surface area contributed by atoms with Crippen LogP contribution in [0, 0.1) is 5.41 Å². The maximum absolute atomic E-state index is 12.0. The lowest BCUT2D eigenvalue weighted by molar-refractivity contribution is -0.148. The van der Waals surface area contributed by atoms with Crippen LogP contribution in [0.2, 0.25) is 5.02 Å². The van der Waals surface area contributed by atoms with Gasteiger partial charge in [-0.25, -0.2) is 4.79 Å². The topological polar surface area (TPSA) is 87.7 Å². The number of carbonyl (C=O) groups excluding carboxylic acids is 1. The highest BCUT2D eigenvalue weighted by molar-refractivity contribution is 9.10. The predicted molar refractivity (Wildman–Crippen MR) is 81.7 cm³/mol.